The summed E-state index contributed by atoms with van der Waals surface area (Å²) in [6, 6.07) is 15.8. The molecular formula is C18H18BrNO2. The molecule has 0 radical (unpaired) electrons. The van der Waals surface area contributed by atoms with E-state index in [2.05, 4.69) is 15.9 Å². The second-order valence-corrected chi connectivity index (χ2v) is 6.40. The Bertz CT molecular complexity index is 686. The first kappa shape index (κ1) is 15.3. The molecule has 0 spiro atoms. The minimum Gasteiger partial charge on any atom is -0.370 e. The third kappa shape index (κ3) is 3.23. The summed E-state index contributed by atoms with van der Waals surface area (Å²) in [6.45, 7) is 3.76. The van der Waals surface area contributed by atoms with Crippen LogP contribution in [-0.2, 0) is 4.74 Å². The van der Waals surface area contributed by atoms with Crippen LogP contribution in [0.5, 0.6) is 0 Å². The molecule has 1 fully saturated rings. The SMILES string of the molecule is Cc1ccccc1C(=O)N1CCOC(c2cccc(Br)c2)C1. The van der Waals surface area contributed by atoms with Gasteiger partial charge in [-0.2, -0.15) is 0 Å². The fourth-order valence-electron chi connectivity index (χ4n) is 2.73. The van der Waals surface area contributed by atoms with Gasteiger partial charge >= 0.3 is 0 Å². The number of hydrogen-bond acceptors (Lipinski definition) is 2. The molecule has 0 aromatic heterocycles. The second kappa shape index (κ2) is 6.63. The maximum Gasteiger partial charge on any atom is 0.254 e. The van der Waals surface area contributed by atoms with Gasteiger partial charge in [0.15, 0.2) is 0 Å². The Kier molecular flexibility index (Phi) is 4.60. The molecular weight excluding hydrogens is 342 g/mol. The summed E-state index contributed by atoms with van der Waals surface area (Å²) < 4.78 is 6.87. The number of hydrogen-bond donors (Lipinski definition) is 0. The van der Waals surface area contributed by atoms with Crippen molar-refractivity contribution in [2.24, 2.45) is 0 Å². The van der Waals surface area contributed by atoms with Crippen LogP contribution in [0.15, 0.2) is 53.0 Å². The minimum atomic E-state index is -0.0702. The number of benzene rings is 2. The Morgan fingerprint density at radius 1 is 1.23 bits per heavy atom. The average molecular weight is 360 g/mol. The van der Waals surface area contributed by atoms with Crippen molar-refractivity contribution in [3.05, 3.63) is 69.7 Å². The number of halogens is 1. The first-order valence-corrected chi connectivity index (χ1v) is 8.16. The molecule has 22 heavy (non-hydrogen) atoms. The van der Waals surface area contributed by atoms with E-state index in [0.29, 0.717) is 19.7 Å². The molecule has 3 rings (SSSR count). The first-order chi connectivity index (χ1) is 10.6. The Hall–Kier alpha value is -1.65. The molecule has 0 N–H and O–H groups in total. The number of carbonyl (C=O) groups is 1. The van der Waals surface area contributed by atoms with Gasteiger partial charge in [-0.1, -0.05) is 46.3 Å². The van der Waals surface area contributed by atoms with Gasteiger partial charge in [-0.05, 0) is 36.2 Å². The second-order valence-electron chi connectivity index (χ2n) is 5.48. The Morgan fingerprint density at radius 3 is 2.82 bits per heavy atom. The number of morpholine rings is 1. The third-order valence-corrected chi connectivity index (χ3v) is 4.44. The van der Waals surface area contributed by atoms with Crippen LogP contribution in [0.2, 0.25) is 0 Å². The van der Waals surface area contributed by atoms with Crippen LogP contribution in [0.3, 0.4) is 0 Å². The minimum absolute atomic E-state index is 0.0702. The normalized spacial score (nSPS) is 18.3. The van der Waals surface area contributed by atoms with E-state index in [1.54, 1.807) is 0 Å². The van der Waals surface area contributed by atoms with Gasteiger partial charge in [0, 0.05) is 16.6 Å². The molecule has 1 amide bonds. The fraction of sp³-hybridized carbons (Fsp3) is 0.278. The number of carbonyl (C=O) groups excluding carboxylic acids is 1. The van der Waals surface area contributed by atoms with Crippen molar-refractivity contribution in [3.63, 3.8) is 0 Å². The fourth-order valence-corrected chi connectivity index (χ4v) is 3.14. The van der Waals surface area contributed by atoms with Gasteiger partial charge in [-0.3, -0.25) is 4.79 Å². The lowest BCUT2D eigenvalue weighted by Crippen LogP contribution is -2.42. The van der Waals surface area contributed by atoms with Gasteiger partial charge in [0.25, 0.3) is 5.91 Å². The lowest BCUT2D eigenvalue weighted by atomic mass is 10.1. The Labute approximate surface area is 139 Å². The van der Waals surface area contributed by atoms with Crippen molar-refractivity contribution in [1.82, 2.24) is 4.90 Å². The van der Waals surface area contributed by atoms with Gasteiger partial charge < -0.3 is 9.64 Å². The van der Waals surface area contributed by atoms with Crippen LogP contribution in [0.25, 0.3) is 0 Å². The number of ether oxygens (including phenoxy) is 1. The zero-order chi connectivity index (χ0) is 15.5. The maximum absolute atomic E-state index is 12.7. The van der Waals surface area contributed by atoms with Crippen molar-refractivity contribution in [2.75, 3.05) is 19.7 Å². The number of nitrogens with zero attached hydrogens (tertiary/aromatic N) is 1. The smallest absolute Gasteiger partial charge is 0.254 e. The van der Waals surface area contributed by atoms with E-state index in [0.717, 1.165) is 21.2 Å². The van der Waals surface area contributed by atoms with Crippen molar-refractivity contribution in [1.29, 1.82) is 0 Å². The molecule has 0 aliphatic carbocycles. The van der Waals surface area contributed by atoms with Crippen molar-refractivity contribution >= 4 is 21.8 Å². The number of amides is 1. The average Bonchev–Trinajstić information content (AvgIpc) is 2.55. The lowest BCUT2D eigenvalue weighted by molar-refractivity contribution is -0.0228. The number of aryl methyl sites for hydroxylation is 1. The molecule has 2 aromatic carbocycles. The van der Waals surface area contributed by atoms with Crippen molar-refractivity contribution in [2.45, 2.75) is 13.0 Å². The van der Waals surface area contributed by atoms with Crippen LogP contribution in [0.4, 0.5) is 0 Å². The summed E-state index contributed by atoms with van der Waals surface area (Å²) in [6.07, 6.45) is -0.0702. The van der Waals surface area contributed by atoms with Crippen LogP contribution in [0.1, 0.15) is 27.6 Å². The molecule has 1 aliphatic heterocycles. The van der Waals surface area contributed by atoms with Crippen LogP contribution >= 0.6 is 15.9 Å². The quantitative estimate of drug-likeness (QED) is 0.811. The topological polar surface area (TPSA) is 29.5 Å². The van der Waals surface area contributed by atoms with Gasteiger partial charge in [0.05, 0.1) is 13.2 Å². The molecule has 1 atom stereocenters. The molecule has 4 heteroatoms. The highest BCUT2D eigenvalue weighted by Crippen LogP contribution is 2.25. The predicted octanol–water partition coefficient (Wildman–Crippen LogP) is 3.97. The summed E-state index contributed by atoms with van der Waals surface area (Å²) in [7, 11) is 0. The highest BCUT2D eigenvalue weighted by molar-refractivity contribution is 9.10. The molecule has 0 bridgehead atoms. The summed E-state index contributed by atoms with van der Waals surface area (Å²) in [5.74, 6) is 0.0846. The lowest BCUT2D eigenvalue weighted by Gasteiger charge is -2.33. The van der Waals surface area contributed by atoms with Crippen LogP contribution < -0.4 is 0 Å². The largest absolute Gasteiger partial charge is 0.370 e. The van der Waals surface area contributed by atoms with E-state index in [-0.39, 0.29) is 12.0 Å². The Morgan fingerprint density at radius 2 is 2.05 bits per heavy atom. The Balaban J connectivity index is 1.78. The van der Waals surface area contributed by atoms with Crippen molar-refractivity contribution < 1.29 is 9.53 Å². The summed E-state index contributed by atoms with van der Waals surface area (Å²) >= 11 is 3.48. The molecule has 114 valence electrons. The first-order valence-electron chi connectivity index (χ1n) is 7.37. The summed E-state index contributed by atoms with van der Waals surface area (Å²) in [5, 5.41) is 0. The standard InChI is InChI=1S/C18H18BrNO2/c1-13-5-2-3-8-16(13)18(21)20-9-10-22-17(12-20)14-6-4-7-15(19)11-14/h2-8,11,17H,9-10,12H2,1H3. The third-order valence-electron chi connectivity index (χ3n) is 3.95. The van der Waals surface area contributed by atoms with Gasteiger partial charge in [-0.15, -0.1) is 0 Å². The summed E-state index contributed by atoms with van der Waals surface area (Å²) in [4.78, 5) is 14.6. The highest BCUT2D eigenvalue weighted by atomic mass is 79.9. The molecule has 1 saturated heterocycles. The van der Waals surface area contributed by atoms with Gasteiger partial charge in [0.1, 0.15) is 6.10 Å². The molecule has 1 aliphatic rings. The van der Waals surface area contributed by atoms with E-state index in [1.807, 2.05) is 60.4 Å². The summed E-state index contributed by atoms with van der Waals surface area (Å²) in [5.41, 5.74) is 2.88. The van der Waals surface area contributed by atoms with Gasteiger partial charge in [-0.25, -0.2) is 0 Å². The van der Waals surface area contributed by atoms with E-state index >= 15 is 0 Å². The molecule has 1 heterocycles. The zero-order valence-electron chi connectivity index (χ0n) is 12.5. The van der Waals surface area contributed by atoms with E-state index in [9.17, 15) is 4.79 Å². The van der Waals surface area contributed by atoms with Crippen molar-refractivity contribution in [3.8, 4) is 0 Å². The van der Waals surface area contributed by atoms with E-state index in [4.69, 9.17) is 4.74 Å². The predicted molar refractivity (Wildman–Crippen MR) is 89.9 cm³/mol. The molecule has 0 saturated carbocycles. The molecule has 1 unspecified atom stereocenters. The van der Waals surface area contributed by atoms with Crippen LogP contribution in [0, 0.1) is 6.92 Å². The van der Waals surface area contributed by atoms with Crippen LogP contribution in [-0.4, -0.2) is 30.5 Å². The van der Waals surface area contributed by atoms with Gasteiger partial charge in [0.2, 0.25) is 0 Å². The number of rotatable bonds is 2. The highest BCUT2D eigenvalue weighted by Gasteiger charge is 2.26. The zero-order valence-corrected chi connectivity index (χ0v) is 14.0. The van der Waals surface area contributed by atoms with E-state index in [1.165, 1.54) is 0 Å². The van der Waals surface area contributed by atoms with E-state index < -0.39 is 0 Å². The molecule has 3 nitrogen and oxygen atoms in total. The molecule has 2 aromatic rings. The monoisotopic (exact) mass is 359 g/mol. The maximum atomic E-state index is 12.7.